The van der Waals surface area contributed by atoms with Crippen LogP contribution in [0.5, 0.6) is 0 Å². The van der Waals surface area contributed by atoms with Crippen LogP contribution in [0.4, 0.5) is 0 Å². The SMILES string of the molecule is Cc1ccn(CC(C)C(N)=O)c1C(=O)O. The highest BCUT2D eigenvalue weighted by Gasteiger charge is 2.16. The van der Waals surface area contributed by atoms with E-state index in [0.29, 0.717) is 12.1 Å². The third-order valence-corrected chi connectivity index (χ3v) is 2.32. The topological polar surface area (TPSA) is 85.3 Å². The standard InChI is InChI=1S/C10H14N2O3/c1-6-3-4-12(8(6)10(14)15)5-7(2)9(11)13/h3-4,7H,5H2,1-2H3,(H2,11,13)(H,14,15). The average Bonchev–Trinajstić information content (AvgIpc) is 2.46. The molecule has 1 heterocycles. The summed E-state index contributed by atoms with van der Waals surface area (Å²) in [6.45, 7) is 3.68. The first-order valence-electron chi connectivity index (χ1n) is 4.61. The van der Waals surface area contributed by atoms with Crippen molar-refractivity contribution in [2.45, 2.75) is 20.4 Å². The molecule has 1 aromatic rings. The van der Waals surface area contributed by atoms with Gasteiger partial charge in [0.15, 0.2) is 0 Å². The number of aromatic carboxylic acids is 1. The number of aryl methyl sites for hydroxylation is 1. The Morgan fingerprint density at radius 3 is 2.67 bits per heavy atom. The molecule has 82 valence electrons. The van der Waals surface area contributed by atoms with Gasteiger partial charge >= 0.3 is 5.97 Å². The number of amides is 1. The predicted molar refractivity (Wildman–Crippen MR) is 54.5 cm³/mol. The molecule has 0 radical (unpaired) electrons. The van der Waals surface area contributed by atoms with Gasteiger partial charge in [0.2, 0.25) is 5.91 Å². The summed E-state index contributed by atoms with van der Waals surface area (Å²) in [6, 6.07) is 1.71. The third-order valence-electron chi connectivity index (χ3n) is 2.32. The Labute approximate surface area is 87.5 Å². The van der Waals surface area contributed by atoms with Crippen LogP contribution in [0.25, 0.3) is 0 Å². The third kappa shape index (κ3) is 2.37. The molecule has 15 heavy (non-hydrogen) atoms. The number of carbonyl (C=O) groups is 2. The fourth-order valence-electron chi connectivity index (χ4n) is 1.41. The zero-order valence-electron chi connectivity index (χ0n) is 8.73. The molecule has 0 bridgehead atoms. The van der Waals surface area contributed by atoms with Gasteiger partial charge < -0.3 is 15.4 Å². The van der Waals surface area contributed by atoms with Crippen LogP contribution in [0.1, 0.15) is 23.0 Å². The molecule has 0 fully saturated rings. The first kappa shape index (κ1) is 11.3. The largest absolute Gasteiger partial charge is 0.477 e. The molecule has 1 aromatic heterocycles. The van der Waals surface area contributed by atoms with Gasteiger partial charge in [-0.3, -0.25) is 4.79 Å². The molecule has 5 nitrogen and oxygen atoms in total. The van der Waals surface area contributed by atoms with Gasteiger partial charge in [-0.15, -0.1) is 0 Å². The molecule has 0 aliphatic carbocycles. The molecule has 1 amide bonds. The smallest absolute Gasteiger partial charge is 0.352 e. The molecule has 0 saturated carbocycles. The Kier molecular flexibility index (Phi) is 3.14. The van der Waals surface area contributed by atoms with E-state index in [2.05, 4.69) is 0 Å². The number of nitrogens with two attached hydrogens (primary N) is 1. The highest BCUT2D eigenvalue weighted by molar-refractivity contribution is 5.87. The monoisotopic (exact) mass is 210 g/mol. The van der Waals surface area contributed by atoms with Crippen molar-refractivity contribution in [3.05, 3.63) is 23.5 Å². The maximum Gasteiger partial charge on any atom is 0.352 e. The van der Waals surface area contributed by atoms with E-state index in [4.69, 9.17) is 10.8 Å². The van der Waals surface area contributed by atoms with E-state index in [0.717, 1.165) is 0 Å². The Hall–Kier alpha value is -1.78. The Bertz CT molecular complexity index is 395. The Morgan fingerprint density at radius 2 is 2.20 bits per heavy atom. The van der Waals surface area contributed by atoms with Crippen molar-refractivity contribution in [1.29, 1.82) is 0 Å². The van der Waals surface area contributed by atoms with E-state index in [1.807, 2.05) is 0 Å². The van der Waals surface area contributed by atoms with E-state index in [9.17, 15) is 9.59 Å². The number of rotatable bonds is 4. The molecule has 0 aliphatic heterocycles. The summed E-state index contributed by atoms with van der Waals surface area (Å²) in [5.41, 5.74) is 6.01. The first-order valence-corrected chi connectivity index (χ1v) is 4.61. The van der Waals surface area contributed by atoms with Gasteiger partial charge in [-0.2, -0.15) is 0 Å². The molecular formula is C10H14N2O3. The number of carbonyl (C=O) groups excluding carboxylic acids is 1. The fraction of sp³-hybridized carbons (Fsp3) is 0.400. The Morgan fingerprint density at radius 1 is 1.60 bits per heavy atom. The van der Waals surface area contributed by atoms with E-state index in [-0.39, 0.29) is 11.6 Å². The van der Waals surface area contributed by atoms with Crippen LogP contribution >= 0.6 is 0 Å². The van der Waals surface area contributed by atoms with Crippen molar-refractivity contribution >= 4 is 11.9 Å². The second kappa shape index (κ2) is 4.16. The summed E-state index contributed by atoms with van der Waals surface area (Å²) in [7, 11) is 0. The van der Waals surface area contributed by atoms with Crippen molar-refractivity contribution in [2.24, 2.45) is 11.7 Å². The number of hydrogen-bond donors (Lipinski definition) is 2. The number of primary amides is 1. The summed E-state index contributed by atoms with van der Waals surface area (Å²) in [6.07, 6.45) is 1.65. The van der Waals surface area contributed by atoms with Crippen molar-refractivity contribution in [2.75, 3.05) is 0 Å². The van der Waals surface area contributed by atoms with Crippen molar-refractivity contribution in [3.63, 3.8) is 0 Å². The van der Waals surface area contributed by atoms with Crippen molar-refractivity contribution in [1.82, 2.24) is 4.57 Å². The zero-order valence-corrected chi connectivity index (χ0v) is 8.73. The normalized spacial score (nSPS) is 12.4. The number of carboxylic acids is 1. The molecule has 3 N–H and O–H groups in total. The van der Waals surface area contributed by atoms with Gasteiger partial charge in [0.1, 0.15) is 5.69 Å². The quantitative estimate of drug-likeness (QED) is 0.763. The number of aromatic nitrogens is 1. The molecule has 0 spiro atoms. The van der Waals surface area contributed by atoms with Gasteiger partial charge in [-0.1, -0.05) is 6.92 Å². The van der Waals surface area contributed by atoms with Gasteiger partial charge in [-0.05, 0) is 18.6 Å². The van der Waals surface area contributed by atoms with Crippen LogP contribution in [0.15, 0.2) is 12.3 Å². The van der Waals surface area contributed by atoms with E-state index in [1.54, 1.807) is 26.1 Å². The van der Waals surface area contributed by atoms with Crippen LogP contribution in [-0.2, 0) is 11.3 Å². The fourth-order valence-corrected chi connectivity index (χ4v) is 1.41. The molecule has 5 heteroatoms. The lowest BCUT2D eigenvalue weighted by Gasteiger charge is -2.10. The second-order valence-electron chi connectivity index (χ2n) is 3.61. The highest BCUT2D eigenvalue weighted by atomic mass is 16.4. The average molecular weight is 210 g/mol. The second-order valence-corrected chi connectivity index (χ2v) is 3.61. The summed E-state index contributed by atoms with van der Waals surface area (Å²) in [4.78, 5) is 21.8. The lowest BCUT2D eigenvalue weighted by atomic mass is 10.1. The summed E-state index contributed by atoms with van der Waals surface area (Å²) < 4.78 is 1.53. The Balaban J connectivity index is 2.95. The van der Waals surface area contributed by atoms with Crippen molar-refractivity contribution < 1.29 is 14.7 Å². The van der Waals surface area contributed by atoms with E-state index >= 15 is 0 Å². The maximum absolute atomic E-state index is 10.9. The summed E-state index contributed by atoms with van der Waals surface area (Å²) in [5, 5.41) is 8.95. The first-order chi connectivity index (χ1) is 6.93. The number of carboxylic acid groups (broad SMARTS) is 1. The van der Waals surface area contributed by atoms with Crippen LogP contribution in [0.3, 0.4) is 0 Å². The van der Waals surface area contributed by atoms with Gasteiger partial charge in [0, 0.05) is 12.7 Å². The lowest BCUT2D eigenvalue weighted by Crippen LogP contribution is -2.25. The molecule has 1 rings (SSSR count). The molecular weight excluding hydrogens is 196 g/mol. The van der Waals surface area contributed by atoms with E-state index < -0.39 is 11.9 Å². The molecule has 1 atom stereocenters. The van der Waals surface area contributed by atoms with Crippen LogP contribution < -0.4 is 5.73 Å². The van der Waals surface area contributed by atoms with Crippen molar-refractivity contribution in [3.8, 4) is 0 Å². The minimum Gasteiger partial charge on any atom is -0.477 e. The zero-order chi connectivity index (χ0) is 11.6. The minimum absolute atomic E-state index is 0.211. The van der Waals surface area contributed by atoms with E-state index in [1.165, 1.54) is 4.57 Å². The lowest BCUT2D eigenvalue weighted by molar-refractivity contribution is -0.121. The highest BCUT2D eigenvalue weighted by Crippen LogP contribution is 2.12. The van der Waals surface area contributed by atoms with Crippen LogP contribution in [0, 0.1) is 12.8 Å². The summed E-state index contributed by atoms with van der Waals surface area (Å²) in [5.74, 6) is -1.80. The summed E-state index contributed by atoms with van der Waals surface area (Å²) >= 11 is 0. The minimum atomic E-state index is -0.992. The van der Waals surface area contributed by atoms with Gasteiger partial charge in [0.25, 0.3) is 0 Å². The number of hydrogen-bond acceptors (Lipinski definition) is 2. The number of nitrogens with zero attached hydrogens (tertiary/aromatic N) is 1. The molecule has 0 aliphatic rings. The van der Waals surface area contributed by atoms with Gasteiger partial charge in [-0.25, -0.2) is 4.79 Å². The molecule has 0 aromatic carbocycles. The maximum atomic E-state index is 10.9. The predicted octanol–water partition coefficient (Wildman–Crippen LogP) is 0.616. The van der Waals surface area contributed by atoms with Gasteiger partial charge in [0.05, 0.1) is 5.92 Å². The molecule has 1 unspecified atom stereocenters. The van der Waals surface area contributed by atoms with Crippen LogP contribution in [0.2, 0.25) is 0 Å². The molecule has 0 saturated heterocycles. The van der Waals surface area contributed by atoms with Crippen LogP contribution in [-0.4, -0.2) is 21.6 Å².